The van der Waals surface area contributed by atoms with Crippen molar-refractivity contribution < 1.29 is 16.8 Å². The topological polar surface area (TPSA) is 82.4 Å². The standard InChI is InChI=1S/C6H14NO4S2/c1-5(2)12(8,9)7-13(10,11)6(3)4/h5-6H,1-4H3. The first-order valence-electron chi connectivity index (χ1n) is 3.81. The molecule has 0 heterocycles. The Bertz CT molecular complexity index is 316. The summed E-state index contributed by atoms with van der Waals surface area (Å²) in [5.41, 5.74) is 0. The fourth-order valence-corrected chi connectivity index (χ4v) is 2.85. The van der Waals surface area contributed by atoms with Crippen LogP contribution < -0.4 is 4.13 Å². The summed E-state index contributed by atoms with van der Waals surface area (Å²) in [4.78, 5) is 0. The average molecular weight is 228 g/mol. The summed E-state index contributed by atoms with van der Waals surface area (Å²) in [6.07, 6.45) is 0. The van der Waals surface area contributed by atoms with Gasteiger partial charge in [-0.1, -0.05) is 0 Å². The summed E-state index contributed by atoms with van der Waals surface area (Å²) in [5, 5.41) is -1.61. The Morgan fingerprint density at radius 2 is 1.00 bits per heavy atom. The van der Waals surface area contributed by atoms with Crippen molar-refractivity contribution in [3.63, 3.8) is 0 Å². The van der Waals surface area contributed by atoms with Crippen molar-refractivity contribution in [2.24, 2.45) is 0 Å². The molecule has 7 heteroatoms. The van der Waals surface area contributed by atoms with Crippen LogP contribution in [0, 0.1) is 0 Å². The van der Waals surface area contributed by atoms with E-state index >= 15 is 0 Å². The zero-order valence-electron chi connectivity index (χ0n) is 8.05. The number of hydrogen-bond donors (Lipinski definition) is 0. The summed E-state index contributed by atoms with van der Waals surface area (Å²) in [7, 11) is -7.73. The van der Waals surface area contributed by atoms with Crippen LogP contribution in [0.2, 0.25) is 0 Å². The van der Waals surface area contributed by atoms with Crippen LogP contribution in [0.4, 0.5) is 0 Å². The van der Waals surface area contributed by atoms with Gasteiger partial charge >= 0.3 is 0 Å². The Labute approximate surface area is 79.6 Å². The molecule has 0 rings (SSSR count). The van der Waals surface area contributed by atoms with Gasteiger partial charge in [0.25, 0.3) is 0 Å². The van der Waals surface area contributed by atoms with Crippen LogP contribution in [0.1, 0.15) is 27.7 Å². The van der Waals surface area contributed by atoms with Gasteiger partial charge in [-0.15, -0.1) is 0 Å². The third-order valence-electron chi connectivity index (χ3n) is 1.40. The molecule has 0 N–H and O–H groups in total. The van der Waals surface area contributed by atoms with Gasteiger partial charge in [0.1, 0.15) is 0 Å². The van der Waals surface area contributed by atoms with Crippen LogP contribution in [0.5, 0.6) is 0 Å². The van der Waals surface area contributed by atoms with E-state index in [1.807, 2.05) is 0 Å². The highest BCUT2D eigenvalue weighted by Crippen LogP contribution is 2.05. The van der Waals surface area contributed by atoms with Crippen molar-refractivity contribution in [1.29, 1.82) is 0 Å². The highest BCUT2D eigenvalue weighted by Gasteiger charge is 2.28. The molecule has 0 unspecified atom stereocenters. The van der Waals surface area contributed by atoms with E-state index in [1.165, 1.54) is 27.7 Å². The van der Waals surface area contributed by atoms with E-state index in [0.717, 1.165) is 0 Å². The zero-order chi connectivity index (χ0) is 10.9. The monoisotopic (exact) mass is 228 g/mol. The minimum absolute atomic E-state index is 0.805. The van der Waals surface area contributed by atoms with Crippen molar-refractivity contribution >= 4 is 20.0 Å². The van der Waals surface area contributed by atoms with E-state index in [2.05, 4.69) is 4.13 Å². The maximum Gasteiger partial charge on any atom is 0.244 e. The second-order valence-electron chi connectivity index (χ2n) is 3.20. The highest BCUT2D eigenvalue weighted by molar-refractivity contribution is 8.05. The quantitative estimate of drug-likeness (QED) is 0.681. The van der Waals surface area contributed by atoms with Gasteiger partial charge in [-0.2, -0.15) is 0 Å². The smallest absolute Gasteiger partial charge is 0.210 e. The van der Waals surface area contributed by atoms with E-state index in [4.69, 9.17) is 0 Å². The van der Waals surface area contributed by atoms with Gasteiger partial charge in [-0.3, -0.25) is 0 Å². The van der Waals surface area contributed by atoms with Crippen LogP contribution in [0.15, 0.2) is 0 Å². The van der Waals surface area contributed by atoms with Crippen LogP contribution in [0.3, 0.4) is 0 Å². The third-order valence-corrected chi connectivity index (χ3v) is 5.44. The maximum absolute atomic E-state index is 11.1. The molecule has 0 aliphatic carbocycles. The molecule has 0 aromatic rings. The van der Waals surface area contributed by atoms with E-state index in [1.54, 1.807) is 0 Å². The Kier molecular flexibility index (Phi) is 3.89. The fraction of sp³-hybridized carbons (Fsp3) is 1.00. The normalized spacial score (nSPS) is 14.0. The summed E-state index contributed by atoms with van der Waals surface area (Å²) >= 11 is 0. The summed E-state index contributed by atoms with van der Waals surface area (Å²) in [6, 6.07) is 0. The Hall–Kier alpha value is -0.140. The van der Waals surface area contributed by atoms with Gasteiger partial charge in [-0.05, 0) is 27.7 Å². The highest BCUT2D eigenvalue weighted by atomic mass is 32.3. The maximum atomic E-state index is 11.1. The molecule has 0 aliphatic rings. The largest absolute Gasteiger partial charge is 0.244 e. The van der Waals surface area contributed by atoms with E-state index < -0.39 is 30.5 Å². The Morgan fingerprint density at radius 1 is 0.769 bits per heavy atom. The molecule has 1 radical (unpaired) electrons. The third kappa shape index (κ3) is 3.61. The molecular weight excluding hydrogens is 214 g/mol. The molecule has 0 saturated heterocycles. The van der Waals surface area contributed by atoms with Crippen LogP contribution in [-0.2, 0) is 20.0 Å². The molecule has 13 heavy (non-hydrogen) atoms. The number of hydrogen-bond acceptors (Lipinski definition) is 4. The molecule has 79 valence electrons. The van der Waals surface area contributed by atoms with Crippen molar-refractivity contribution in [3.8, 4) is 0 Å². The molecule has 0 aromatic carbocycles. The lowest BCUT2D eigenvalue weighted by atomic mass is 10.6. The molecule has 0 bridgehead atoms. The first-order chi connectivity index (χ1) is 5.59. The average Bonchev–Trinajstić information content (AvgIpc) is 1.83. The molecule has 0 aromatic heterocycles. The van der Waals surface area contributed by atoms with Crippen molar-refractivity contribution in [1.82, 2.24) is 4.13 Å². The van der Waals surface area contributed by atoms with Gasteiger partial charge in [0.2, 0.25) is 20.0 Å². The van der Waals surface area contributed by atoms with Gasteiger partial charge in [0, 0.05) is 4.13 Å². The van der Waals surface area contributed by atoms with Crippen molar-refractivity contribution in [3.05, 3.63) is 0 Å². The number of rotatable bonds is 4. The van der Waals surface area contributed by atoms with E-state index in [-0.39, 0.29) is 0 Å². The lowest BCUT2D eigenvalue weighted by Crippen LogP contribution is -2.33. The molecule has 0 saturated carbocycles. The predicted molar refractivity (Wildman–Crippen MR) is 50.2 cm³/mol. The van der Waals surface area contributed by atoms with Crippen LogP contribution >= 0.6 is 0 Å². The van der Waals surface area contributed by atoms with Crippen LogP contribution in [-0.4, -0.2) is 27.3 Å². The predicted octanol–water partition coefficient (Wildman–Crippen LogP) is 0.0672. The molecule has 0 aliphatic heterocycles. The molecule has 5 nitrogen and oxygen atoms in total. The van der Waals surface area contributed by atoms with Crippen LogP contribution in [0.25, 0.3) is 0 Å². The van der Waals surface area contributed by atoms with E-state index in [0.29, 0.717) is 0 Å². The lowest BCUT2D eigenvalue weighted by molar-refractivity contribution is 0.565. The minimum atomic E-state index is -3.86. The summed E-state index contributed by atoms with van der Waals surface area (Å²) in [6.45, 7) is 5.53. The van der Waals surface area contributed by atoms with Gasteiger partial charge in [0.15, 0.2) is 0 Å². The lowest BCUT2D eigenvalue weighted by Gasteiger charge is -2.09. The summed E-state index contributed by atoms with van der Waals surface area (Å²) < 4.78 is 47.3. The first-order valence-corrected chi connectivity index (χ1v) is 6.82. The SMILES string of the molecule is CC(C)S(=O)(=O)[N]S(=O)(=O)C(C)C. The summed E-state index contributed by atoms with van der Waals surface area (Å²) in [5.74, 6) is 0. The second kappa shape index (κ2) is 3.93. The first kappa shape index (κ1) is 12.9. The van der Waals surface area contributed by atoms with Gasteiger partial charge < -0.3 is 0 Å². The molecular formula is C6H14NO4S2. The van der Waals surface area contributed by atoms with Gasteiger partial charge in [0.05, 0.1) is 10.5 Å². The van der Waals surface area contributed by atoms with E-state index in [9.17, 15) is 16.8 Å². The van der Waals surface area contributed by atoms with Crippen molar-refractivity contribution in [2.75, 3.05) is 0 Å². The second-order valence-corrected chi connectivity index (χ2v) is 7.74. The van der Waals surface area contributed by atoms with Crippen molar-refractivity contribution in [2.45, 2.75) is 38.2 Å². The molecule has 0 spiro atoms. The molecule has 0 fully saturated rings. The Morgan fingerprint density at radius 3 is 1.15 bits per heavy atom. The molecule has 0 atom stereocenters. The number of sulfonamides is 2. The Balaban J connectivity index is 4.86. The zero-order valence-corrected chi connectivity index (χ0v) is 9.68. The minimum Gasteiger partial charge on any atom is -0.210 e. The number of nitrogens with zero attached hydrogens (tertiary/aromatic N) is 1. The fourth-order valence-electron chi connectivity index (χ4n) is 0.317. The molecule has 0 amide bonds. The van der Waals surface area contributed by atoms with Gasteiger partial charge in [-0.25, -0.2) is 16.8 Å².